The SMILES string of the molecule is CCCCNc1nc(N)c2nc(O)n(Cc3ccc(C(=O)NCC(=O)NCCCN(CCCCN(CCCNC(=O)OC(C)(C)C)C(=O)OC(C)(C)C)C(=O)OC(C)(C)C)cc3)c2n1. The molecule has 0 aliphatic heterocycles. The average molecular weight is 898 g/mol. The van der Waals surface area contributed by atoms with Crippen LogP contribution in [0.1, 0.15) is 124 Å². The molecule has 0 aliphatic carbocycles. The van der Waals surface area contributed by atoms with E-state index in [1.165, 1.54) is 4.57 Å². The van der Waals surface area contributed by atoms with E-state index in [1.54, 1.807) is 96.4 Å². The predicted molar refractivity (Wildman–Crippen MR) is 244 cm³/mol. The molecule has 3 aromatic rings. The van der Waals surface area contributed by atoms with Crippen molar-refractivity contribution in [3.8, 4) is 6.01 Å². The third-order valence-electron chi connectivity index (χ3n) is 8.99. The van der Waals surface area contributed by atoms with Crippen molar-refractivity contribution in [1.29, 1.82) is 0 Å². The Hall–Kier alpha value is -6.08. The Balaban J connectivity index is 1.48. The molecule has 0 saturated heterocycles. The number of nitrogens with zero attached hydrogens (tertiary/aromatic N) is 6. The highest BCUT2D eigenvalue weighted by atomic mass is 16.6. The van der Waals surface area contributed by atoms with Gasteiger partial charge in [-0.25, -0.2) is 14.4 Å². The summed E-state index contributed by atoms with van der Waals surface area (Å²) in [6.07, 6.45) is 2.45. The fraction of sp³-hybridized carbons (Fsp3) is 0.636. The number of rotatable bonds is 22. The number of hydrogen-bond acceptors (Lipinski definition) is 14. The molecule has 0 aliphatic rings. The van der Waals surface area contributed by atoms with Gasteiger partial charge in [0.05, 0.1) is 13.1 Å². The number of nitrogen functional groups attached to an aromatic ring is 1. The molecule has 0 saturated carbocycles. The molecule has 2 aromatic heterocycles. The zero-order chi connectivity index (χ0) is 47.7. The number of aromatic nitrogens is 4. The highest BCUT2D eigenvalue weighted by Crippen LogP contribution is 2.25. The third kappa shape index (κ3) is 19.1. The number of carbonyl (C=O) groups is 5. The van der Waals surface area contributed by atoms with Crippen LogP contribution in [-0.4, -0.2) is 134 Å². The lowest BCUT2D eigenvalue weighted by Gasteiger charge is -2.29. The van der Waals surface area contributed by atoms with Gasteiger partial charge in [-0.1, -0.05) is 25.5 Å². The maximum absolute atomic E-state index is 13.2. The molecule has 20 heteroatoms. The first kappa shape index (κ1) is 52.3. The highest BCUT2D eigenvalue weighted by molar-refractivity contribution is 5.96. The van der Waals surface area contributed by atoms with Gasteiger partial charge in [-0.2, -0.15) is 15.0 Å². The van der Waals surface area contributed by atoms with Crippen LogP contribution in [0, 0.1) is 0 Å². The maximum atomic E-state index is 13.2. The number of alkyl carbamates (subject to hydrolysis) is 1. The molecular weight excluding hydrogens is 827 g/mol. The molecule has 1 aromatic carbocycles. The van der Waals surface area contributed by atoms with Gasteiger partial charge in [0.1, 0.15) is 16.8 Å². The molecule has 0 unspecified atom stereocenters. The number of fused-ring (bicyclic) bond motifs is 1. The van der Waals surface area contributed by atoms with Gasteiger partial charge < -0.3 is 56.1 Å². The zero-order valence-electron chi connectivity index (χ0n) is 39.4. The normalized spacial score (nSPS) is 11.7. The first-order valence-corrected chi connectivity index (χ1v) is 22.0. The van der Waals surface area contributed by atoms with Gasteiger partial charge in [-0.15, -0.1) is 0 Å². The first-order chi connectivity index (χ1) is 29.9. The number of benzene rings is 1. The van der Waals surface area contributed by atoms with E-state index < -0.39 is 46.9 Å². The summed E-state index contributed by atoms with van der Waals surface area (Å²) in [5, 5.41) is 21.8. The summed E-state index contributed by atoms with van der Waals surface area (Å²) in [7, 11) is 0. The average Bonchev–Trinajstić information content (AvgIpc) is 3.49. The minimum atomic E-state index is -0.721. The van der Waals surface area contributed by atoms with Crippen LogP contribution in [0.4, 0.5) is 26.1 Å². The second-order valence-corrected chi connectivity index (χ2v) is 18.4. The van der Waals surface area contributed by atoms with Crippen LogP contribution in [0.2, 0.25) is 0 Å². The van der Waals surface area contributed by atoms with Crippen molar-refractivity contribution in [1.82, 2.24) is 45.3 Å². The van der Waals surface area contributed by atoms with Crippen molar-refractivity contribution in [3.05, 3.63) is 35.4 Å². The van der Waals surface area contributed by atoms with Crippen LogP contribution in [0.15, 0.2) is 24.3 Å². The molecule has 356 valence electrons. The molecule has 2 heterocycles. The van der Waals surface area contributed by atoms with Crippen molar-refractivity contribution in [2.45, 2.75) is 131 Å². The van der Waals surface area contributed by atoms with Crippen LogP contribution in [0.3, 0.4) is 0 Å². The molecule has 0 atom stereocenters. The second kappa shape index (κ2) is 24.1. The third-order valence-corrected chi connectivity index (χ3v) is 8.99. The van der Waals surface area contributed by atoms with Gasteiger partial charge in [0.2, 0.25) is 11.9 Å². The summed E-state index contributed by atoms with van der Waals surface area (Å²) in [6.45, 7) is 20.7. The predicted octanol–water partition coefficient (Wildman–Crippen LogP) is 5.78. The summed E-state index contributed by atoms with van der Waals surface area (Å²) < 4.78 is 18.1. The number of nitrogens with one attached hydrogen (secondary N) is 4. The zero-order valence-corrected chi connectivity index (χ0v) is 39.4. The van der Waals surface area contributed by atoms with Crippen molar-refractivity contribution >= 4 is 53.0 Å². The van der Waals surface area contributed by atoms with Crippen molar-refractivity contribution in [3.63, 3.8) is 0 Å². The smallest absolute Gasteiger partial charge is 0.410 e. The molecule has 0 fully saturated rings. The highest BCUT2D eigenvalue weighted by Gasteiger charge is 2.25. The molecule has 64 heavy (non-hydrogen) atoms. The minimum Gasteiger partial charge on any atom is -0.480 e. The molecule has 5 amide bonds. The van der Waals surface area contributed by atoms with E-state index in [1.807, 2.05) is 0 Å². The molecule has 0 radical (unpaired) electrons. The van der Waals surface area contributed by atoms with E-state index in [4.69, 9.17) is 19.9 Å². The van der Waals surface area contributed by atoms with Crippen LogP contribution in [0.5, 0.6) is 6.01 Å². The van der Waals surface area contributed by atoms with E-state index in [9.17, 15) is 29.1 Å². The number of imidazole rings is 1. The van der Waals surface area contributed by atoms with Gasteiger partial charge in [0, 0.05) is 51.4 Å². The number of carbonyl (C=O) groups excluding carboxylic acids is 5. The minimum absolute atomic E-state index is 0.144. The Morgan fingerprint density at radius 2 is 1.22 bits per heavy atom. The van der Waals surface area contributed by atoms with Gasteiger partial charge in [0.15, 0.2) is 17.0 Å². The number of nitrogens with two attached hydrogens (primary N) is 1. The van der Waals surface area contributed by atoms with Crippen LogP contribution < -0.4 is 27.0 Å². The summed E-state index contributed by atoms with van der Waals surface area (Å²) in [5.74, 6) is -0.359. The summed E-state index contributed by atoms with van der Waals surface area (Å²) in [4.78, 5) is 79.9. The van der Waals surface area contributed by atoms with Crippen LogP contribution in [-0.2, 0) is 25.5 Å². The fourth-order valence-corrected chi connectivity index (χ4v) is 6.00. The van der Waals surface area contributed by atoms with E-state index in [0.29, 0.717) is 82.1 Å². The topological polar surface area (TPSA) is 257 Å². The lowest BCUT2D eigenvalue weighted by Crippen LogP contribution is -2.41. The number of aromatic hydroxyl groups is 1. The second-order valence-electron chi connectivity index (χ2n) is 18.4. The monoisotopic (exact) mass is 898 g/mol. The number of unbranched alkanes of at least 4 members (excludes halogenated alkanes) is 2. The Bertz CT molecular complexity index is 2000. The van der Waals surface area contributed by atoms with E-state index in [-0.39, 0.29) is 37.0 Å². The van der Waals surface area contributed by atoms with E-state index in [0.717, 1.165) is 18.4 Å². The van der Waals surface area contributed by atoms with Crippen molar-refractivity contribution < 1.29 is 43.3 Å². The molecule has 0 spiro atoms. The van der Waals surface area contributed by atoms with Crippen LogP contribution >= 0.6 is 0 Å². The molecule has 7 N–H and O–H groups in total. The standard InChI is InChI=1S/C44H71N11O9/c1-11-12-21-47-37-51-34(45)33-35(52-37)55(38(58)50-33)29-30-17-19-31(20-18-30)36(57)49-28-32(56)46-22-15-26-53(40(60)63-43(5,6)7)24-13-14-25-54(41(61)64-44(8,9)10)27-16-23-48-39(59)62-42(2,3)4/h17-20H,11-16,21-29H2,1-10H3,(H,46,56)(H,48,59)(H,49,57)(H,50,58)(H3,45,47,51,52). The van der Waals surface area contributed by atoms with E-state index in [2.05, 4.69) is 43.1 Å². The lowest BCUT2D eigenvalue weighted by molar-refractivity contribution is -0.120. The fourth-order valence-electron chi connectivity index (χ4n) is 6.00. The Kier molecular flexibility index (Phi) is 19.7. The van der Waals surface area contributed by atoms with E-state index >= 15 is 0 Å². The molecule has 0 bridgehead atoms. The number of amides is 5. The quantitative estimate of drug-likeness (QED) is 0.0517. The largest absolute Gasteiger partial charge is 0.480 e. The molecule has 20 nitrogen and oxygen atoms in total. The van der Waals surface area contributed by atoms with Gasteiger partial charge in [-0.05, 0) is 112 Å². The first-order valence-electron chi connectivity index (χ1n) is 22.0. The lowest BCUT2D eigenvalue weighted by atomic mass is 10.1. The summed E-state index contributed by atoms with van der Waals surface area (Å²) in [5.41, 5.74) is 5.80. The molecular formula is C44H71N11O9. The van der Waals surface area contributed by atoms with Gasteiger partial charge >= 0.3 is 18.3 Å². The Labute approximate surface area is 376 Å². The number of ether oxygens (including phenoxy) is 3. The van der Waals surface area contributed by atoms with Gasteiger partial charge in [-0.3, -0.25) is 14.2 Å². The van der Waals surface area contributed by atoms with Crippen molar-refractivity contribution in [2.75, 3.05) is 63.4 Å². The number of hydrogen-bond donors (Lipinski definition) is 6. The number of anilines is 2. The maximum Gasteiger partial charge on any atom is 0.410 e. The summed E-state index contributed by atoms with van der Waals surface area (Å²) in [6, 6.07) is 6.42. The van der Waals surface area contributed by atoms with Gasteiger partial charge in [0.25, 0.3) is 11.9 Å². The Morgan fingerprint density at radius 3 is 1.75 bits per heavy atom. The van der Waals surface area contributed by atoms with Crippen molar-refractivity contribution in [2.24, 2.45) is 0 Å². The summed E-state index contributed by atoms with van der Waals surface area (Å²) >= 11 is 0. The molecule has 3 rings (SSSR count). The Morgan fingerprint density at radius 1 is 0.688 bits per heavy atom. The van der Waals surface area contributed by atoms with Crippen LogP contribution in [0.25, 0.3) is 11.2 Å².